The number of rotatable bonds is 4. The molecule has 4 saturated heterocycles. The average molecular weight is 368 g/mol. The van der Waals surface area contributed by atoms with Gasteiger partial charge >= 0.3 is 0 Å². The molecule has 4 rings (SSSR count). The molecule has 0 spiro atoms. The molecule has 25 heavy (non-hydrogen) atoms. The molecule has 5 atom stereocenters. The second-order valence-corrected chi connectivity index (χ2v) is 10.5. The van der Waals surface area contributed by atoms with Gasteiger partial charge in [-0.15, -0.1) is 0 Å². The minimum absolute atomic E-state index is 0.196. The molecule has 0 aromatic rings. The molecule has 7 heteroatoms. The number of likely N-dealkylation sites (tertiary alicyclic amines) is 1. The van der Waals surface area contributed by atoms with Crippen LogP contribution in [0.25, 0.3) is 0 Å². The van der Waals surface area contributed by atoms with Crippen molar-refractivity contribution in [2.45, 2.75) is 38.4 Å². The van der Waals surface area contributed by atoms with Gasteiger partial charge in [-0.2, -0.15) is 0 Å². The Labute approximate surface area is 150 Å². The van der Waals surface area contributed by atoms with Crippen molar-refractivity contribution in [2.75, 3.05) is 37.7 Å². The van der Waals surface area contributed by atoms with Gasteiger partial charge in [0.25, 0.3) is 0 Å². The van der Waals surface area contributed by atoms with Gasteiger partial charge in [0.05, 0.1) is 30.3 Å². The van der Waals surface area contributed by atoms with Crippen molar-refractivity contribution in [3.63, 3.8) is 0 Å². The summed E-state index contributed by atoms with van der Waals surface area (Å²) < 4.78 is 29.4. The van der Waals surface area contributed by atoms with Crippen LogP contribution in [0, 0.1) is 17.8 Å². The number of nitrogens with one attached hydrogen (secondary N) is 1. The summed E-state index contributed by atoms with van der Waals surface area (Å²) in [6.45, 7) is 9.22. The van der Waals surface area contributed by atoms with Crippen molar-refractivity contribution in [1.82, 2.24) is 10.2 Å². The van der Waals surface area contributed by atoms with Crippen LogP contribution in [-0.2, 0) is 14.6 Å². The first-order valence-electron chi connectivity index (χ1n) is 9.45. The van der Waals surface area contributed by atoms with E-state index in [1.165, 1.54) is 12.8 Å². The third-order valence-corrected chi connectivity index (χ3v) is 7.96. The minimum Gasteiger partial charge on any atom is -0.374 e. The number of hydrogen-bond acceptors (Lipinski definition) is 4. The lowest BCUT2D eigenvalue weighted by Gasteiger charge is -2.25. The molecule has 0 aromatic carbocycles. The monoisotopic (exact) mass is 367 g/mol. The first-order chi connectivity index (χ1) is 11.9. The van der Waals surface area contributed by atoms with Crippen LogP contribution < -0.4 is 5.32 Å². The van der Waals surface area contributed by atoms with Crippen molar-refractivity contribution in [3.8, 4) is 0 Å². The zero-order chi connectivity index (χ0) is 17.6. The summed E-state index contributed by atoms with van der Waals surface area (Å²) in [6, 6.07) is 0. The minimum atomic E-state index is -2.83. The maximum absolute atomic E-state index is 11.7. The van der Waals surface area contributed by atoms with E-state index in [-0.39, 0.29) is 5.92 Å². The van der Waals surface area contributed by atoms with Gasteiger partial charge in [0.2, 0.25) is 0 Å². The van der Waals surface area contributed by atoms with Crippen LogP contribution in [0.1, 0.15) is 26.2 Å². The van der Waals surface area contributed by atoms with Crippen molar-refractivity contribution < 1.29 is 13.2 Å². The first-order valence-corrected chi connectivity index (χ1v) is 11.3. The van der Waals surface area contributed by atoms with E-state index < -0.39 is 9.84 Å². The normalized spacial score (nSPS) is 39.0. The molecule has 0 radical (unpaired) electrons. The summed E-state index contributed by atoms with van der Waals surface area (Å²) in [6.07, 6.45) is 4.02. The van der Waals surface area contributed by atoms with E-state index in [0.29, 0.717) is 48.6 Å². The first kappa shape index (κ1) is 17.3. The molecular weight excluding hydrogens is 338 g/mol. The summed E-state index contributed by atoms with van der Waals surface area (Å²) in [5.74, 6) is 3.00. The predicted octanol–water partition coefficient (Wildman–Crippen LogP) is 1.05. The maximum Gasteiger partial charge on any atom is 0.194 e. The van der Waals surface area contributed by atoms with Gasteiger partial charge in [-0.05, 0) is 32.1 Å². The molecule has 4 aliphatic rings. The van der Waals surface area contributed by atoms with E-state index in [9.17, 15) is 8.42 Å². The lowest BCUT2D eigenvalue weighted by atomic mass is 9.82. The number of sulfone groups is 1. The summed E-state index contributed by atoms with van der Waals surface area (Å²) in [4.78, 5) is 7.10. The SMILES string of the molecule is C=C(C)CN=C(NCC1CCS(=O)(=O)C1)N1CC2C3CCC(O3)C2C1. The Kier molecular flexibility index (Phi) is 4.56. The Morgan fingerprint density at radius 1 is 1.24 bits per heavy atom. The van der Waals surface area contributed by atoms with Crippen molar-refractivity contribution >= 4 is 15.8 Å². The zero-order valence-electron chi connectivity index (χ0n) is 15.0. The Hall–Kier alpha value is -1.08. The maximum atomic E-state index is 11.7. The number of nitrogens with zero attached hydrogens (tertiary/aromatic N) is 2. The fourth-order valence-corrected chi connectivity index (χ4v) is 6.74. The van der Waals surface area contributed by atoms with E-state index >= 15 is 0 Å². The number of aliphatic imine (C=N–C) groups is 1. The smallest absolute Gasteiger partial charge is 0.194 e. The zero-order valence-corrected chi connectivity index (χ0v) is 15.8. The molecule has 1 N–H and O–H groups in total. The van der Waals surface area contributed by atoms with Gasteiger partial charge in [-0.3, -0.25) is 0 Å². The summed E-state index contributed by atoms with van der Waals surface area (Å²) in [5, 5.41) is 3.47. The highest BCUT2D eigenvalue weighted by atomic mass is 32.2. The molecule has 4 fully saturated rings. The van der Waals surface area contributed by atoms with Crippen molar-refractivity contribution in [2.24, 2.45) is 22.7 Å². The van der Waals surface area contributed by atoms with Crippen LogP contribution in [0.3, 0.4) is 0 Å². The fraction of sp³-hybridized carbons (Fsp3) is 0.833. The van der Waals surface area contributed by atoms with Gasteiger partial charge in [0.15, 0.2) is 15.8 Å². The predicted molar refractivity (Wildman–Crippen MR) is 98.3 cm³/mol. The topological polar surface area (TPSA) is 71.0 Å². The van der Waals surface area contributed by atoms with Gasteiger partial charge in [0.1, 0.15) is 0 Å². The van der Waals surface area contributed by atoms with Crippen LogP contribution in [-0.4, -0.2) is 69.2 Å². The number of ether oxygens (including phenoxy) is 1. The van der Waals surface area contributed by atoms with Crippen molar-refractivity contribution in [1.29, 1.82) is 0 Å². The number of guanidine groups is 1. The van der Waals surface area contributed by atoms with Crippen LogP contribution in [0.5, 0.6) is 0 Å². The highest BCUT2D eigenvalue weighted by Crippen LogP contribution is 2.47. The summed E-state index contributed by atoms with van der Waals surface area (Å²) in [5.41, 5.74) is 1.03. The molecule has 140 valence electrons. The van der Waals surface area contributed by atoms with Gasteiger partial charge in [-0.25, -0.2) is 13.4 Å². The highest BCUT2D eigenvalue weighted by molar-refractivity contribution is 7.91. The molecule has 5 unspecified atom stereocenters. The van der Waals surface area contributed by atoms with Crippen LogP contribution in [0.2, 0.25) is 0 Å². The molecule has 0 aromatic heterocycles. The van der Waals surface area contributed by atoms with Crippen LogP contribution in [0.15, 0.2) is 17.1 Å². The van der Waals surface area contributed by atoms with Gasteiger partial charge in [-0.1, -0.05) is 12.2 Å². The highest BCUT2D eigenvalue weighted by Gasteiger charge is 2.53. The molecular formula is C18H29N3O3S. The fourth-order valence-electron chi connectivity index (χ4n) is 4.88. The number of hydrogen-bond donors (Lipinski definition) is 1. The lowest BCUT2D eigenvalue weighted by molar-refractivity contribution is 0.0767. The molecule has 4 aliphatic heterocycles. The molecule has 0 saturated carbocycles. The third-order valence-electron chi connectivity index (χ3n) is 6.13. The Bertz CT molecular complexity index is 657. The Morgan fingerprint density at radius 2 is 1.92 bits per heavy atom. The van der Waals surface area contributed by atoms with E-state index in [2.05, 4.69) is 16.8 Å². The molecule has 4 heterocycles. The molecule has 0 aliphatic carbocycles. The van der Waals surface area contributed by atoms with Gasteiger partial charge < -0.3 is 15.0 Å². The quantitative estimate of drug-likeness (QED) is 0.457. The third kappa shape index (κ3) is 3.58. The van der Waals surface area contributed by atoms with Crippen molar-refractivity contribution in [3.05, 3.63) is 12.2 Å². The van der Waals surface area contributed by atoms with E-state index in [4.69, 9.17) is 9.73 Å². The van der Waals surface area contributed by atoms with E-state index in [0.717, 1.165) is 31.0 Å². The lowest BCUT2D eigenvalue weighted by Crippen LogP contribution is -2.43. The Morgan fingerprint density at radius 3 is 2.48 bits per heavy atom. The van der Waals surface area contributed by atoms with E-state index in [1.807, 2.05) is 6.92 Å². The van der Waals surface area contributed by atoms with Gasteiger partial charge in [0, 0.05) is 31.5 Å². The van der Waals surface area contributed by atoms with E-state index in [1.54, 1.807) is 0 Å². The second-order valence-electron chi connectivity index (χ2n) is 8.27. The number of fused-ring (bicyclic) bond motifs is 5. The summed E-state index contributed by atoms with van der Waals surface area (Å²) >= 11 is 0. The summed E-state index contributed by atoms with van der Waals surface area (Å²) in [7, 11) is -2.83. The molecule has 6 nitrogen and oxygen atoms in total. The standard InChI is InChI=1S/C18H29N3O3S/c1-12(2)7-19-18(20-8-13-5-6-25(22,23)11-13)21-9-14-15(10-21)17-4-3-16(14)24-17/h13-17H,1,3-11H2,2H3,(H,19,20). The molecule has 0 amide bonds. The Balaban J connectivity index is 1.40. The second kappa shape index (κ2) is 6.58. The van der Waals surface area contributed by atoms with Crippen LogP contribution >= 0.6 is 0 Å². The average Bonchev–Trinajstić information content (AvgIpc) is 3.27. The van der Waals surface area contributed by atoms with Crippen LogP contribution in [0.4, 0.5) is 0 Å². The molecule has 2 bridgehead atoms. The largest absolute Gasteiger partial charge is 0.374 e.